The van der Waals surface area contributed by atoms with Gasteiger partial charge in [0.05, 0.1) is 29.9 Å². The molecular formula is C22H23N7O2. The zero-order valence-corrected chi connectivity index (χ0v) is 17.8. The first kappa shape index (κ1) is 20.3. The van der Waals surface area contributed by atoms with E-state index in [-0.39, 0.29) is 12.5 Å². The molecule has 0 aliphatic heterocycles. The summed E-state index contributed by atoms with van der Waals surface area (Å²) < 4.78 is 7.04. The van der Waals surface area contributed by atoms with Crippen molar-refractivity contribution in [2.75, 3.05) is 12.4 Å². The van der Waals surface area contributed by atoms with Gasteiger partial charge in [0, 0.05) is 5.56 Å². The minimum atomic E-state index is -0.260. The van der Waals surface area contributed by atoms with E-state index in [2.05, 4.69) is 25.8 Å². The van der Waals surface area contributed by atoms with Crippen molar-refractivity contribution in [2.24, 2.45) is 0 Å². The number of nitrogens with zero attached hydrogens (tertiary/aromatic N) is 6. The van der Waals surface area contributed by atoms with Gasteiger partial charge in [-0.2, -0.15) is 9.90 Å². The summed E-state index contributed by atoms with van der Waals surface area (Å²) in [5, 5.41) is 19.8. The lowest BCUT2D eigenvalue weighted by Crippen LogP contribution is -2.21. The molecule has 0 spiro atoms. The van der Waals surface area contributed by atoms with Gasteiger partial charge in [-0.1, -0.05) is 29.8 Å². The Hall–Kier alpha value is -4.01. The summed E-state index contributed by atoms with van der Waals surface area (Å²) in [6.07, 6.45) is 0. The highest BCUT2D eigenvalue weighted by atomic mass is 16.5. The number of rotatable bonds is 6. The van der Waals surface area contributed by atoms with Crippen LogP contribution in [0.4, 0.5) is 5.69 Å². The van der Waals surface area contributed by atoms with E-state index in [1.54, 1.807) is 7.11 Å². The molecule has 0 aliphatic rings. The summed E-state index contributed by atoms with van der Waals surface area (Å²) in [6, 6.07) is 15.4. The molecule has 0 radical (unpaired) electrons. The molecule has 2 aromatic carbocycles. The fourth-order valence-corrected chi connectivity index (χ4v) is 3.26. The number of benzene rings is 2. The molecule has 0 unspecified atom stereocenters. The Balaban J connectivity index is 1.48. The van der Waals surface area contributed by atoms with E-state index in [0.29, 0.717) is 17.3 Å². The SMILES string of the molecule is COc1cccc(-c2nnn(CC(=O)Nc3c(C)nn(-c4ccc(C)cc4)c3C)n2)c1. The molecule has 0 atom stereocenters. The van der Waals surface area contributed by atoms with Gasteiger partial charge in [-0.15, -0.1) is 10.2 Å². The first-order valence-electron chi connectivity index (χ1n) is 9.80. The molecular weight excluding hydrogens is 394 g/mol. The van der Waals surface area contributed by atoms with Crippen molar-refractivity contribution >= 4 is 11.6 Å². The van der Waals surface area contributed by atoms with E-state index in [9.17, 15) is 4.79 Å². The number of nitrogens with one attached hydrogen (secondary N) is 1. The van der Waals surface area contributed by atoms with E-state index in [0.717, 1.165) is 22.6 Å². The predicted molar refractivity (Wildman–Crippen MR) is 116 cm³/mol. The molecule has 2 aromatic heterocycles. The molecule has 1 amide bonds. The van der Waals surface area contributed by atoms with Gasteiger partial charge >= 0.3 is 0 Å². The van der Waals surface area contributed by atoms with Crippen LogP contribution in [0.3, 0.4) is 0 Å². The van der Waals surface area contributed by atoms with Crippen LogP contribution in [-0.2, 0) is 11.3 Å². The molecule has 2 heterocycles. The average Bonchev–Trinajstić information content (AvgIpc) is 3.34. The monoisotopic (exact) mass is 417 g/mol. The van der Waals surface area contributed by atoms with Crippen molar-refractivity contribution in [3.8, 4) is 22.8 Å². The van der Waals surface area contributed by atoms with Gasteiger partial charge < -0.3 is 10.1 Å². The molecule has 0 bridgehead atoms. The second-order valence-electron chi connectivity index (χ2n) is 7.22. The van der Waals surface area contributed by atoms with E-state index >= 15 is 0 Å². The van der Waals surface area contributed by atoms with Gasteiger partial charge in [0.15, 0.2) is 0 Å². The Morgan fingerprint density at radius 3 is 2.58 bits per heavy atom. The molecule has 9 nitrogen and oxygen atoms in total. The number of hydrogen-bond donors (Lipinski definition) is 1. The largest absolute Gasteiger partial charge is 0.497 e. The van der Waals surface area contributed by atoms with E-state index < -0.39 is 0 Å². The van der Waals surface area contributed by atoms with Crippen LogP contribution in [-0.4, -0.2) is 43.0 Å². The summed E-state index contributed by atoms with van der Waals surface area (Å²) in [6.45, 7) is 5.76. The Labute approximate surface area is 179 Å². The Morgan fingerprint density at radius 2 is 1.84 bits per heavy atom. The van der Waals surface area contributed by atoms with E-state index in [1.807, 2.05) is 74.0 Å². The van der Waals surface area contributed by atoms with Crippen LogP contribution in [0.2, 0.25) is 0 Å². The molecule has 4 aromatic rings. The van der Waals surface area contributed by atoms with Crippen LogP contribution in [0.1, 0.15) is 17.0 Å². The van der Waals surface area contributed by atoms with Gasteiger partial charge in [-0.3, -0.25) is 4.79 Å². The van der Waals surface area contributed by atoms with Crippen LogP contribution in [0.15, 0.2) is 48.5 Å². The molecule has 9 heteroatoms. The van der Waals surface area contributed by atoms with E-state index in [4.69, 9.17) is 4.74 Å². The second-order valence-corrected chi connectivity index (χ2v) is 7.22. The molecule has 158 valence electrons. The average molecular weight is 417 g/mol. The third-order valence-electron chi connectivity index (χ3n) is 4.90. The lowest BCUT2D eigenvalue weighted by molar-refractivity contribution is -0.117. The third kappa shape index (κ3) is 4.30. The number of aromatic nitrogens is 6. The predicted octanol–water partition coefficient (Wildman–Crippen LogP) is 3.10. The van der Waals surface area contributed by atoms with Gasteiger partial charge in [0.25, 0.3) is 0 Å². The highest BCUT2D eigenvalue weighted by molar-refractivity contribution is 5.91. The van der Waals surface area contributed by atoms with Gasteiger partial charge in [-0.05, 0) is 50.3 Å². The number of carbonyl (C=O) groups excluding carboxylic acids is 1. The Bertz CT molecular complexity index is 1230. The summed E-state index contributed by atoms with van der Waals surface area (Å²) in [5.41, 5.74) is 5.13. The Morgan fingerprint density at radius 1 is 1.06 bits per heavy atom. The minimum absolute atomic E-state index is 0.0639. The van der Waals surface area contributed by atoms with Crippen LogP contribution in [0.25, 0.3) is 17.1 Å². The maximum Gasteiger partial charge on any atom is 0.248 e. The number of carbonyl (C=O) groups is 1. The standard InChI is InChI=1S/C22H23N7O2/c1-14-8-10-18(11-9-14)29-16(3)21(15(2)25-29)23-20(30)13-28-26-22(24-27-28)17-6-5-7-19(12-17)31-4/h5-12H,13H2,1-4H3,(H,23,30). The molecule has 0 fully saturated rings. The number of amides is 1. The van der Waals surface area contributed by atoms with Crippen molar-refractivity contribution in [3.05, 3.63) is 65.5 Å². The third-order valence-corrected chi connectivity index (χ3v) is 4.90. The fraction of sp³-hybridized carbons (Fsp3) is 0.227. The first-order chi connectivity index (χ1) is 14.9. The smallest absolute Gasteiger partial charge is 0.248 e. The van der Waals surface area contributed by atoms with Crippen molar-refractivity contribution < 1.29 is 9.53 Å². The zero-order chi connectivity index (χ0) is 22.0. The maximum absolute atomic E-state index is 12.6. The normalized spacial score (nSPS) is 10.8. The van der Waals surface area contributed by atoms with E-state index in [1.165, 1.54) is 10.4 Å². The minimum Gasteiger partial charge on any atom is -0.497 e. The summed E-state index contributed by atoms with van der Waals surface area (Å²) in [7, 11) is 1.60. The topological polar surface area (TPSA) is 99.8 Å². The van der Waals surface area contributed by atoms with Gasteiger partial charge in [0.1, 0.15) is 12.3 Å². The first-order valence-corrected chi connectivity index (χ1v) is 9.80. The van der Waals surface area contributed by atoms with Crippen molar-refractivity contribution in [2.45, 2.75) is 27.3 Å². The van der Waals surface area contributed by atoms with Crippen molar-refractivity contribution in [1.82, 2.24) is 30.0 Å². The van der Waals surface area contributed by atoms with Gasteiger partial charge in [-0.25, -0.2) is 4.68 Å². The quantitative estimate of drug-likeness (QED) is 0.517. The van der Waals surface area contributed by atoms with Crippen molar-refractivity contribution in [1.29, 1.82) is 0 Å². The number of anilines is 1. The number of tetrazole rings is 1. The maximum atomic E-state index is 12.6. The van der Waals surface area contributed by atoms with Crippen LogP contribution in [0, 0.1) is 20.8 Å². The molecule has 0 saturated carbocycles. The summed E-state index contributed by atoms with van der Waals surface area (Å²) in [4.78, 5) is 13.9. The zero-order valence-electron chi connectivity index (χ0n) is 17.8. The highest BCUT2D eigenvalue weighted by Gasteiger charge is 2.17. The molecule has 1 N–H and O–H groups in total. The number of methoxy groups -OCH3 is 1. The van der Waals surface area contributed by atoms with Crippen LogP contribution in [0.5, 0.6) is 5.75 Å². The lowest BCUT2D eigenvalue weighted by Gasteiger charge is -2.07. The van der Waals surface area contributed by atoms with Crippen molar-refractivity contribution in [3.63, 3.8) is 0 Å². The number of ether oxygens (including phenoxy) is 1. The highest BCUT2D eigenvalue weighted by Crippen LogP contribution is 2.23. The molecule has 31 heavy (non-hydrogen) atoms. The molecule has 0 aliphatic carbocycles. The Kier molecular flexibility index (Phi) is 5.48. The second kappa shape index (κ2) is 8.39. The summed E-state index contributed by atoms with van der Waals surface area (Å²) >= 11 is 0. The number of hydrogen-bond acceptors (Lipinski definition) is 6. The van der Waals surface area contributed by atoms with Crippen LogP contribution < -0.4 is 10.1 Å². The molecule has 0 saturated heterocycles. The van der Waals surface area contributed by atoms with Gasteiger partial charge in [0.2, 0.25) is 11.7 Å². The molecule has 4 rings (SSSR count). The summed E-state index contributed by atoms with van der Waals surface area (Å²) in [5.74, 6) is 0.860. The lowest BCUT2D eigenvalue weighted by atomic mass is 10.2. The number of aryl methyl sites for hydroxylation is 2. The van der Waals surface area contributed by atoms with Crippen LogP contribution >= 0.6 is 0 Å². The fourth-order valence-electron chi connectivity index (χ4n) is 3.26.